The van der Waals surface area contributed by atoms with Crippen molar-refractivity contribution in [1.82, 2.24) is 5.32 Å². The first-order valence-electron chi connectivity index (χ1n) is 9.49. The minimum absolute atomic E-state index is 0.0957. The van der Waals surface area contributed by atoms with Gasteiger partial charge in [-0.05, 0) is 29.3 Å². The zero-order valence-corrected chi connectivity index (χ0v) is 17.6. The predicted octanol–water partition coefficient (Wildman–Crippen LogP) is 4.26. The molecule has 3 rings (SSSR count). The number of sulfone groups is 1. The van der Waals surface area contributed by atoms with Crippen LogP contribution in [0.25, 0.3) is 0 Å². The third-order valence-corrected chi connectivity index (χ3v) is 6.09. The van der Waals surface area contributed by atoms with Crippen LogP contribution in [0.2, 0.25) is 0 Å². The van der Waals surface area contributed by atoms with E-state index in [1.54, 1.807) is 42.5 Å². The molecule has 1 N–H and O–H groups in total. The van der Waals surface area contributed by atoms with Gasteiger partial charge < -0.3 is 14.5 Å². The van der Waals surface area contributed by atoms with Crippen molar-refractivity contribution in [2.24, 2.45) is 0 Å². The van der Waals surface area contributed by atoms with Crippen LogP contribution in [0.5, 0.6) is 0 Å². The molecule has 1 amide bonds. The number of halogens is 3. The summed E-state index contributed by atoms with van der Waals surface area (Å²) < 4.78 is 71.3. The van der Waals surface area contributed by atoms with E-state index >= 15 is 0 Å². The molecule has 1 aromatic heterocycles. The van der Waals surface area contributed by atoms with Gasteiger partial charge in [-0.3, -0.25) is 4.79 Å². The molecule has 0 saturated heterocycles. The van der Waals surface area contributed by atoms with Crippen LogP contribution in [0, 0.1) is 0 Å². The Bertz CT molecular complexity index is 1140. The van der Waals surface area contributed by atoms with Crippen molar-refractivity contribution in [2.45, 2.75) is 30.0 Å². The second-order valence-corrected chi connectivity index (χ2v) is 8.94. The maximum Gasteiger partial charge on any atom is 0.411 e. The van der Waals surface area contributed by atoms with E-state index in [1.807, 2.05) is 0 Å². The molecule has 2 aromatic carbocycles. The number of rotatable bonds is 9. The largest absolute Gasteiger partial charge is 0.459 e. The van der Waals surface area contributed by atoms with Crippen molar-refractivity contribution in [2.75, 3.05) is 6.61 Å². The van der Waals surface area contributed by atoms with E-state index in [9.17, 15) is 26.4 Å². The SMILES string of the molecule is O=C(NCc1ccc(COCC(F)(F)F)cc1)c1occc1CS(=O)(=O)c1ccccc1. The molecule has 1 heterocycles. The van der Waals surface area contributed by atoms with Crippen molar-refractivity contribution in [1.29, 1.82) is 0 Å². The molecule has 0 unspecified atom stereocenters. The number of carbonyl (C=O) groups is 1. The van der Waals surface area contributed by atoms with E-state index in [0.29, 0.717) is 11.1 Å². The summed E-state index contributed by atoms with van der Waals surface area (Å²) in [7, 11) is -3.65. The lowest BCUT2D eigenvalue weighted by Crippen LogP contribution is -2.23. The van der Waals surface area contributed by atoms with Gasteiger partial charge in [0.1, 0.15) is 6.61 Å². The first-order valence-corrected chi connectivity index (χ1v) is 11.1. The number of ether oxygens (including phenoxy) is 1. The zero-order chi connectivity index (χ0) is 23.2. The van der Waals surface area contributed by atoms with Crippen LogP contribution in [0.1, 0.15) is 27.2 Å². The molecular weight excluding hydrogens is 447 g/mol. The van der Waals surface area contributed by atoms with E-state index < -0.39 is 28.5 Å². The molecule has 0 fully saturated rings. The van der Waals surface area contributed by atoms with E-state index in [0.717, 1.165) is 0 Å². The Morgan fingerprint density at radius 2 is 1.62 bits per heavy atom. The lowest BCUT2D eigenvalue weighted by molar-refractivity contribution is -0.176. The summed E-state index contributed by atoms with van der Waals surface area (Å²) in [4.78, 5) is 12.6. The first-order chi connectivity index (χ1) is 15.1. The average molecular weight is 467 g/mol. The maximum atomic E-state index is 12.6. The Hall–Kier alpha value is -3.11. The number of furan rings is 1. The molecule has 0 spiro atoms. The monoisotopic (exact) mass is 467 g/mol. The number of carbonyl (C=O) groups excluding carboxylic acids is 1. The lowest BCUT2D eigenvalue weighted by Gasteiger charge is -2.09. The van der Waals surface area contributed by atoms with Crippen LogP contribution in [-0.2, 0) is 33.5 Å². The van der Waals surface area contributed by atoms with Crippen molar-refractivity contribution in [3.63, 3.8) is 0 Å². The van der Waals surface area contributed by atoms with Crippen LogP contribution < -0.4 is 5.32 Å². The molecule has 0 saturated carbocycles. The molecule has 0 aliphatic heterocycles. The summed E-state index contributed by atoms with van der Waals surface area (Å²) in [5.74, 6) is -1.06. The van der Waals surface area contributed by atoms with Crippen molar-refractivity contribution < 1.29 is 35.5 Å². The molecule has 0 aliphatic carbocycles. The van der Waals surface area contributed by atoms with Gasteiger partial charge in [0.15, 0.2) is 15.6 Å². The van der Waals surface area contributed by atoms with E-state index in [2.05, 4.69) is 10.1 Å². The van der Waals surface area contributed by atoms with Gasteiger partial charge in [0.25, 0.3) is 5.91 Å². The third kappa shape index (κ3) is 6.69. The number of amides is 1. The van der Waals surface area contributed by atoms with Gasteiger partial charge in [-0.15, -0.1) is 0 Å². The number of benzene rings is 2. The minimum atomic E-state index is -4.38. The van der Waals surface area contributed by atoms with Crippen molar-refractivity contribution in [3.8, 4) is 0 Å². The maximum absolute atomic E-state index is 12.6. The second kappa shape index (κ2) is 10.0. The zero-order valence-electron chi connectivity index (χ0n) is 16.8. The summed E-state index contributed by atoms with van der Waals surface area (Å²) in [6, 6.07) is 15.8. The number of hydrogen-bond acceptors (Lipinski definition) is 5. The predicted molar refractivity (Wildman–Crippen MR) is 109 cm³/mol. The van der Waals surface area contributed by atoms with Gasteiger partial charge in [-0.2, -0.15) is 13.2 Å². The quantitative estimate of drug-likeness (QED) is 0.508. The standard InChI is InChI=1S/C22H20F3NO5S/c23-22(24,25)15-30-13-17-8-6-16(7-9-17)12-26-21(27)20-18(10-11-31-20)14-32(28,29)19-4-2-1-3-5-19/h1-11H,12-15H2,(H,26,27). The second-order valence-electron chi connectivity index (χ2n) is 6.95. The highest BCUT2D eigenvalue weighted by molar-refractivity contribution is 7.90. The molecule has 0 radical (unpaired) electrons. The van der Waals surface area contributed by atoms with Crippen molar-refractivity contribution in [3.05, 3.63) is 89.4 Å². The van der Waals surface area contributed by atoms with Crippen LogP contribution in [0.3, 0.4) is 0 Å². The summed E-state index contributed by atoms with van der Waals surface area (Å²) in [6.07, 6.45) is -3.13. The normalized spacial score (nSPS) is 12.0. The molecule has 0 aliphatic rings. The molecule has 0 atom stereocenters. The highest BCUT2D eigenvalue weighted by atomic mass is 32.2. The van der Waals surface area contributed by atoms with Crippen LogP contribution >= 0.6 is 0 Å². The average Bonchev–Trinajstić information content (AvgIpc) is 3.20. The fourth-order valence-electron chi connectivity index (χ4n) is 2.87. The van der Waals surface area contributed by atoms with Gasteiger partial charge >= 0.3 is 6.18 Å². The fraction of sp³-hybridized carbons (Fsp3) is 0.227. The van der Waals surface area contributed by atoms with Gasteiger partial charge in [0, 0.05) is 12.1 Å². The smallest absolute Gasteiger partial charge is 0.411 e. The number of alkyl halides is 3. The summed E-state index contributed by atoms with van der Waals surface area (Å²) >= 11 is 0. The lowest BCUT2D eigenvalue weighted by atomic mass is 10.1. The first kappa shape index (κ1) is 23.6. The highest BCUT2D eigenvalue weighted by Crippen LogP contribution is 2.20. The molecular formula is C22H20F3NO5S. The Morgan fingerprint density at radius 1 is 0.969 bits per heavy atom. The molecule has 0 bridgehead atoms. The topological polar surface area (TPSA) is 85.6 Å². The Morgan fingerprint density at radius 3 is 2.28 bits per heavy atom. The minimum Gasteiger partial charge on any atom is -0.459 e. The van der Waals surface area contributed by atoms with Crippen molar-refractivity contribution >= 4 is 15.7 Å². The summed E-state index contributed by atoms with van der Waals surface area (Å²) in [5.41, 5.74) is 1.50. The Kier molecular flexibility index (Phi) is 7.37. The van der Waals surface area contributed by atoms with E-state index in [1.165, 1.54) is 24.5 Å². The van der Waals surface area contributed by atoms with E-state index in [-0.39, 0.29) is 35.1 Å². The fourth-order valence-corrected chi connectivity index (χ4v) is 4.24. The molecule has 3 aromatic rings. The molecule has 10 heteroatoms. The Labute approximate surface area is 182 Å². The van der Waals surface area contributed by atoms with Gasteiger partial charge in [0.05, 0.1) is 23.5 Å². The molecule has 6 nitrogen and oxygen atoms in total. The summed E-state index contributed by atoms with van der Waals surface area (Å²) in [6.45, 7) is -1.39. The summed E-state index contributed by atoms with van der Waals surface area (Å²) in [5, 5.41) is 2.64. The number of nitrogens with one attached hydrogen (secondary N) is 1. The Balaban J connectivity index is 1.57. The van der Waals surface area contributed by atoms with Crippen LogP contribution in [0.15, 0.2) is 76.2 Å². The van der Waals surface area contributed by atoms with Crippen LogP contribution in [-0.4, -0.2) is 27.1 Å². The molecule has 32 heavy (non-hydrogen) atoms. The van der Waals surface area contributed by atoms with E-state index in [4.69, 9.17) is 4.42 Å². The highest BCUT2D eigenvalue weighted by Gasteiger charge is 2.27. The molecule has 170 valence electrons. The third-order valence-electron chi connectivity index (χ3n) is 4.41. The van der Waals surface area contributed by atoms with Gasteiger partial charge in [0.2, 0.25) is 0 Å². The van der Waals surface area contributed by atoms with Gasteiger partial charge in [-0.25, -0.2) is 8.42 Å². The number of hydrogen-bond donors (Lipinski definition) is 1. The van der Waals surface area contributed by atoms with Crippen LogP contribution in [0.4, 0.5) is 13.2 Å². The van der Waals surface area contributed by atoms with Gasteiger partial charge in [-0.1, -0.05) is 42.5 Å².